The van der Waals surface area contributed by atoms with Crippen LogP contribution in [-0.2, 0) is 36.0 Å². The lowest BCUT2D eigenvalue weighted by atomic mass is 10.1. The predicted molar refractivity (Wildman–Crippen MR) is 174 cm³/mol. The number of piperidine rings is 1. The number of rotatable bonds is 10. The second-order valence-corrected chi connectivity index (χ2v) is 13.8. The molecule has 1 aromatic carbocycles. The molecule has 1 amide bonds. The maximum Gasteiger partial charge on any atom is 0.407 e. The molecule has 2 unspecified atom stereocenters. The number of hydrogen-bond donors (Lipinski definition) is 1. The number of carbonyl (C=O) groups is 2. The van der Waals surface area contributed by atoms with Crippen LogP contribution in [0.2, 0.25) is 0 Å². The number of imidazole rings is 1. The summed E-state index contributed by atoms with van der Waals surface area (Å²) >= 11 is -1.19. The van der Waals surface area contributed by atoms with Gasteiger partial charge in [0.15, 0.2) is 16.9 Å². The van der Waals surface area contributed by atoms with Crippen molar-refractivity contribution in [2.75, 3.05) is 30.2 Å². The van der Waals surface area contributed by atoms with Gasteiger partial charge in [0.2, 0.25) is 11.9 Å². The quantitative estimate of drug-likeness (QED) is 0.200. The Morgan fingerprint density at radius 2 is 1.93 bits per heavy atom. The van der Waals surface area contributed by atoms with Crippen LogP contribution in [0, 0.1) is 0 Å². The number of amides is 1. The third-order valence-corrected chi connectivity index (χ3v) is 7.62. The lowest BCUT2D eigenvalue weighted by Crippen LogP contribution is -2.49. The van der Waals surface area contributed by atoms with Gasteiger partial charge in [-0.2, -0.15) is 4.98 Å². The van der Waals surface area contributed by atoms with Crippen LogP contribution >= 0.6 is 0 Å². The van der Waals surface area contributed by atoms with Crippen molar-refractivity contribution in [3.8, 4) is 5.75 Å². The van der Waals surface area contributed by atoms with E-state index in [1.807, 2.05) is 24.8 Å². The molecule has 1 fully saturated rings. The molecule has 244 valence electrons. The first kappa shape index (κ1) is 33.8. The minimum atomic E-state index is -1.19. The molecule has 0 radical (unpaired) electrons. The second kappa shape index (κ2) is 13.9. The van der Waals surface area contributed by atoms with Gasteiger partial charge in [-0.15, -0.1) is 0 Å². The molecule has 2 atom stereocenters. The summed E-state index contributed by atoms with van der Waals surface area (Å²) in [6.45, 7) is 10.2. The van der Waals surface area contributed by atoms with Crippen LogP contribution in [0.3, 0.4) is 0 Å². The van der Waals surface area contributed by atoms with E-state index >= 15 is 0 Å². The predicted octanol–water partition coefficient (Wildman–Crippen LogP) is 2.95. The summed E-state index contributed by atoms with van der Waals surface area (Å²) in [5.41, 5.74) is -0.249. The highest BCUT2D eigenvalue weighted by Crippen LogP contribution is 2.24. The maximum atomic E-state index is 14.0. The number of hydrogen-bond acceptors (Lipinski definition) is 9. The highest BCUT2D eigenvalue weighted by molar-refractivity contribution is 7.90. The lowest BCUT2D eigenvalue weighted by Gasteiger charge is -2.34. The Morgan fingerprint density at radius 3 is 2.60 bits per heavy atom. The molecule has 1 N–H and O–H groups in total. The smallest absolute Gasteiger partial charge is 0.407 e. The van der Waals surface area contributed by atoms with E-state index in [0.29, 0.717) is 31.3 Å². The number of Topliss-reactive ketones (excluding diaryl/α,β-unsaturated/α-hetero) is 1. The van der Waals surface area contributed by atoms with Crippen molar-refractivity contribution in [1.29, 1.82) is 0 Å². The largest absolute Gasteiger partial charge is 0.614 e. The molecule has 13 nitrogen and oxygen atoms in total. The minimum absolute atomic E-state index is 0.0266. The van der Waals surface area contributed by atoms with Gasteiger partial charge in [-0.05, 0) is 70.8 Å². The van der Waals surface area contributed by atoms with Crippen molar-refractivity contribution in [1.82, 2.24) is 24.0 Å². The maximum absolute atomic E-state index is 14.0. The number of allylic oxidation sites excluding steroid dienone is 2. The van der Waals surface area contributed by atoms with Gasteiger partial charge >= 0.3 is 11.8 Å². The zero-order valence-electron chi connectivity index (χ0n) is 26.9. The number of fused-ring (bicyclic) bond motifs is 1. The molecule has 0 saturated carbocycles. The van der Waals surface area contributed by atoms with Crippen molar-refractivity contribution in [2.24, 2.45) is 7.05 Å². The summed E-state index contributed by atoms with van der Waals surface area (Å²) in [4.78, 5) is 60.0. The lowest BCUT2D eigenvalue weighted by molar-refractivity contribution is 0.0499. The molecule has 4 rings (SSSR count). The number of anilines is 1. The summed E-state index contributed by atoms with van der Waals surface area (Å²) in [5, 5.41) is 2.94. The SMILES string of the molecule is CC(C)=CCn1c(N2CCCC(NC(=O)OC(C)(C)C)C2)nc2c1c(=O)n(CC(=O)c1cccc(OC[S+](C)[O-])c1)c(=O)n2C. The van der Waals surface area contributed by atoms with E-state index in [2.05, 4.69) is 5.32 Å². The van der Waals surface area contributed by atoms with Gasteiger partial charge in [-0.25, -0.2) is 9.59 Å². The first-order valence-electron chi connectivity index (χ1n) is 14.8. The van der Waals surface area contributed by atoms with Crippen molar-refractivity contribution in [2.45, 2.75) is 72.2 Å². The number of aryl methyl sites for hydroxylation is 1. The first-order valence-corrected chi connectivity index (χ1v) is 16.5. The fraction of sp³-hybridized carbons (Fsp3) is 0.516. The van der Waals surface area contributed by atoms with Crippen molar-refractivity contribution < 1.29 is 23.6 Å². The Balaban J connectivity index is 1.71. The molecule has 0 spiro atoms. The minimum Gasteiger partial charge on any atom is -0.614 e. The summed E-state index contributed by atoms with van der Waals surface area (Å²) in [6, 6.07) is 6.12. The van der Waals surface area contributed by atoms with Gasteiger partial charge in [0.05, 0.1) is 12.8 Å². The van der Waals surface area contributed by atoms with E-state index in [4.69, 9.17) is 14.5 Å². The van der Waals surface area contributed by atoms with Crippen LogP contribution < -0.4 is 26.2 Å². The first-order chi connectivity index (χ1) is 21.1. The molecule has 0 bridgehead atoms. The Bertz CT molecular complexity index is 1710. The van der Waals surface area contributed by atoms with E-state index < -0.39 is 46.4 Å². The average Bonchev–Trinajstić information content (AvgIpc) is 3.35. The zero-order chi connectivity index (χ0) is 33.1. The van der Waals surface area contributed by atoms with Crippen LogP contribution in [0.25, 0.3) is 11.2 Å². The molecule has 0 aliphatic carbocycles. The molecule has 3 heterocycles. The number of nitrogens with one attached hydrogen (secondary N) is 1. The molecule has 2 aromatic heterocycles. The molecule has 14 heteroatoms. The van der Waals surface area contributed by atoms with E-state index in [-0.39, 0.29) is 28.7 Å². The monoisotopic (exact) mass is 642 g/mol. The average molecular weight is 643 g/mol. The third kappa shape index (κ3) is 8.37. The highest BCUT2D eigenvalue weighted by atomic mass is 32.2. The summed E-state index contributed by atoms with van der Waals surface area (Å²) in [6.07, 6.45) is 4.48. The molecule has 1 aliphatic heterocycles. The Hall–Kier alpha value is -4.04. The number of ether oxygens (including phenoxy) is 2. The molecule has 45 heavy (non-hydrogen) atoms. The number of alkyl carbamates (subject to hydrolysis) is 1. The Labute approximate surface area is 265 Å². The zero-order valence-corrected chi connectivity index (χ0v) is 27.7. The standard InChI is InChI=1S/C31H42N6O7S/c1-20(2)13-15-36-25-26(33-28(36)35-14-9-11-22(17-35)32-29(40)44-31(3,4)5)34(6)30(41)37(27(25)39)18-24(38)21-10-8-12-23(16-21)43-19-45(7)42/h8,10,12-13,16,22H,9,11,14-15,17-19H2,1-7H3,(H,32,40). The fourth-order valence-electron chi connectivity index (χ4n) is 5.08. The fourth-order valence-corrected chi connectivity index (χ4v) is 5.39. The summed E-state index contributed by atoms with van der Waals surface area (Å²) < 4.78 is 26.3. The Kier molecular flexibility index (Phi) is 10.5. The number of aromatic nitrogens is 4. The highest BCUT2D eigenvalue weighted by Gasteiger charge is 2.29. The van der Waals surface area contributed by atoms with E-state index in [0.717, 1.165) is 23.0 Å². The molecular formula is C31H42N6O7S. The van der Waals surface area contributed by atoms with Crippen molar-refractivity contribution in [3.63, 3.8) is 0 Å². The van der Waals surface area contributed by atoms with Crippen molar-refractivity contribution in [3.05, 3.63) is 62.3 Å². The normalized spacial score (nSPS) is 15.9. The van der Waals surface area contributed by atoms with Crippen LogP contribution in [0.5, 0.6) is 5.75 Å². The van der Waals surface area contributed by atoms with Gasteiger partial charge in [0, 0.05) is 38.3 Å². The van der Waals surface area contributed by atoms with Gasteiger partial charge in [0.1, 0.15) is 11.4 Å². The molecule has 1 aliphatic rings. The summed E-state index contributed by atoms with van der Waals surface area (Å²) in [5.74, 6) is 0.366. The van der Waals surface area contributed by atoms with Gasteiger partial charge in [-0.3, -0.25) is 18.7 Å². The second-order valence-electron chi connectivity index (χ2n) is 12.4. The molecule has 1 saturated heterocycles. The topological polar surface area (TPSA) is 153 Å². The van der Waals surface area contributed by atoms with Crippen LogP contribution in [0.15, 0.2) is 45.5 Å². The third-order valence-electron chi connectivity index (χ3n) is 7.17. The van der Waals surface area contributed by atoms with Gasteiger partial charge < -0.3 is 28.8 Å². The number of ketones is 1. The van der Waals surface area contributed by atoms with Gasteiger partial charge in [-0.1, -0.05) is 23.8 Å². The Morgan fingerprint density at radius 1 is 1.20 bits per heavy atom. The van der Waals surface area contributed by atoms with Crippen LogP contribution in [0.1, 0.15) is 57.8 Å². The van der Waals surface area contributed by atoms with Crippen LogP contribution in [-0.4, -0.2) is 72.0 Å². The molecule has 3 aromatic rings. The summed E-state index contributed by atoms with van der Waals surface area (Å²) in [7, 11) is 1.52. The van der Waals surface area contributed by atoms with Gasteiger partial charge in [0.25, 0.3) is 5.56 Å². The van der Waals surface area contributed by atoms with E-state index in [9.17, 15) is 23.7 Å². The van der Waals surface area contributed by atoms with E-state index in [1.54, 1.807) is 43.5 Å². The van der Waals surface area contributed by atoms with Crippen molar-refractivity contribution >= 4 is 40.2 Å². The number of benzene rings is 1. The van der Waals surface area contributed by atoms with Crippen LogP contribution in [0.4, 0.5) is 10.7 Å². The van der Waals surface area contributed by atoms with E-state index in [1.165, 1.54) is 23.9 Å². The molecular weight excluding hydrogens is 600 g/mol. The number of carbonyl (C=O) groups excluding carboxylic acids is 2. The number of nitrogens with zero attached hydrogens (tertiary/aromatic N) is 5.